The molecule has 0 radical (unpaired) electrons. The van der Waals surface area contributed by atoms with Crippen molar-refractivity contribution in [3.63, 3.8) is 0 Å². The van der Waals surface area contributed by atoms with Gasteiger partial charge in [0.25, 0.3) is 0 Å². The maximum Gasteiger partial charge on any atom is 0.329 e. The van der Waals surface area contributed by atoms with Gasteiger partial charge in [0.05, 0.1) is 14.2 Å². The van der Waals surface area contributed by atoms with E-state index in [4.69, 9.17) is 0 Å². The molecular weight excluding hydrogens is 258 g/mol. The number of aldehydes is 1. The van der Waals surface area contributed by atoms with Crippen LogP contribution in [0.1, 0.15) is 6.92 Å². The predicted molar refractivity (Wildman–Crippen MR) is 66.2 cm³/mol. The highest BCUT2D eigenvalue weighted by molar-refractivity contribution is 8.14. The van der Waals surface area contributed by atoms with Crippen LogP contribution in [0.3, 0.4) is 0 Å². The SMILES string of the molecule is COC(=O)C(C)(C(=O)OC)C1=NC=C(C=O)CS1. The molecule has 1 rings (SSSR count). The lowest BCUT2D eigenvalue weighted by atomic mass is 9.92. The van der Waals surface area contributed by atoms with Crippen molar-refractivity contribution >= 4 is 35.0 Å². The normalized spacial score (nSPS) is 15.3. The highest BCUT2D eigenvalue weighted by atomic mass is 32.2. The van der Waals surface area contributed by atoms with E-state index in [2.05, 4.69) is 14.5 Å². The molecule has 0 aromatic heterocycles. The molecule has 7 heteroatoms. The van der Waals surface area contributed by atoms with Crippen LogP contribution in [-0.4, -0.2) is 43.2 Å². The monoisotopic (exact) mass is 271 g/mol. The maximum atomic E-state index is 11.8. The summed E-state index contributed by atoms with van der Waals surface area (Å²) >= 11 is 1.14. The summed E-state index contributed by atoms with van der Waals surface area (Å²) in [4.78, 5) is 38.1. The van der Waals surface area contributed by atoms with Crippen molar-refractivity contribution in [2.45, 2.75) is 6.92 Å². The number of esters is 2. The van der Waals surface area contributed by atoms with Crippen LogP contribution in [0.5, 0.6) is 0 Å². The third-order valence-corrected chi connectivity index (χ3v) is 3.75. The highest BCUT2D eigenvalue weighted by Gasteiger charge is 2.49. The standard InChI is InChI=1S/C11H13NO5S/c1-11(9(14)16-2,10(15)17-3)8-12-4-7(5-13)6-18-8/h4-5H,6H2,1-3H3. The van der Waals surface area contributed by atoms with Crippen LogP contribution in [0.2, 0.25) is 0 Å². The summed E-state index contributed by atoms with van der Waals surface area (Å²) in [7, 11) is 2.37. The van der Waals surface area contributed by atoms with Gasteiger partial charge < -0.3 is 9.47 Å². The van der Waals surface area contributed by atoms with Gasteiger partial charge in [0.2, 0.25) is 5.41 Å². The molecule has 0 saturated heterocycles. The first-order chi connectivity index (χ1) is 8.50. The fraction of sp³-hybridized carbons (Fsp3) is 0.455. The van der Waals surface area contributed by atoms with E-state index in [1.165, 1.54) is 27.3 Å². The summed E-state index contributed by atoms with van der Waals surface area (Å²) in [6.07, 6.45) is 2.02. The lowest BCUT2D eigenvalue weighted by Gasteiger charge is -2.26. The Bertz CT molecular complexity index is 425. The van der Waals surface area contributed by atoms with Gasteiger partial charge in [0.15, 0.2) is 0 Å². The van der Waals surface area contributed by atoms with Crippen molar-refractivity contribution in [3.05, 3.63) is 11.8 Å². The Morgan fingerprint density at radius 1 is 1.39 bits per heavy atom. The zero-order valence-electron chi connectivity index (χ0n) is 10.3. The lowest BCUT2D eigenvalue weighted by molar-refractivity contribution is -0.161. The number of thioether (sulfide) groups is 1. The number of carbonyl (C=O) groups is 3. The number of hydrogen-bond acceptors (Lipinski definition) is 7. The summed E-state index contributed by atoms with van der Waals surface area (Å²) < 4.78 is 9.24. The number of methoxy groups -OCH3 is 2. The smallest absolute Gasteiger partial charge is 0.329 e. The van der Waals surface area contributed by atoms with Crippen molar-refractivity contribution < 1.29 is 23.9 Å². The van der Waals surface area contributed by atoms with E-state index in [0.29, 0.717) is 17.6 Å². The van der Waals surface area contributed by atoms with E-state index >= 15 is 0 Å². The topological polar surface area (TPSA) is 82.0 Å². The van der Waals surface area contributed by atoms with Crippen molar-refractivity contribution in [2.24, 2.45) is 10.4 Å². The third kappa shape index (κ3) is 2.45. The van der Waals surface area contributed by atoms with Crippen molar-refractivity contribution in [1.29, 1.82) is 0 Å². The van der Waals surface area contributed by atoms with E-state index in [0.717, 1.165) is 11.8 Å². The Morgan fingerprint density at radius 2 is 1.94 bits per heavy atom. The van der Waals surface area contributed by atoms with E-state index in [1.54, 1.807) is 0 Å². The number of carbonyl (C=O) groups excluding carboxylic acids is 3. The summed E-state index contributed by atoms with van der Waals surface area (Å²) in [5, 5.41) is 0.256. The number of aliphatic imine (C=N–C) groups is 1. The fourth-order valence-electron chi connectivity index (χ4n) is 1.37. The molecule has 0 aromatic carbocycles. The number of ether oxygens (including phenoxy) is 2. The van der Waals surface area contributed by atoms with Gasteiger partial charge in [-0.15, -0.1) is 11.8 Å². The molecule has 0 aromatic rings. The second-order valence-electron chi connectivity index (χ2n) is 3.65. The van der Waals surface area contributed by atoms with Crippen LogP contribution in [0.4, 0.5) is 0 Å². The van der Waals surface area contributed by atoms with E-state index in [-0.39, 0.29) is 5.04 Å². The second kappa shape index (κ2) is 5.81. The molecule has 0 bridgehead atoms. The first-order valence-electron chi connectivity index (χ1n) is 5.02. The van der Waals surface area contributed by atoms with Crippen LogP contribution in [0.25, 0.3) is 0 Å². The molecule has 1 aliphatic heterocycles. The van der Waals surface area contributed by atoms with Crippen LogP contribution < -0.4 is 0 Å². The van der Waals surface area contributed by atoms with Gasteiger partial charge in [-0.25, -0.2) is 0 Å². The summed E-state index contributed by atoms with van der Waals surface area (Å²) in [5.41, 5.74) is -1.11. The van der Waals surface area contributed by atoms with Gasteiger partial charge in [0.1, 0.15) is 11.3 Å². The second-order valence-corrected chi connectivity index (χ2v) is 4.62. The van der Waals surface area contributed by atoms with Crippen LogP contribution in [0.15, 0.2) is 16.8 Å². The average molecular weight is 271 g/mol. The summed E-state index contributed by atoms with van der Waals surface area (Å²) in [6.45, 7) is 1.39. The van der Waals surface area contributed by atoms with E-state index < -0.39 is 17.4 Å². The van der Waals surface area contributed by atoms with Crippen molar-refractivity contribution in [1.82, 2.24) is 0 Å². The highest BCUT2D eigenvalue weighted by Crippen LogP contribution is 2.32. The molecule has 98 valence electrons. The van der Waals surface area contributed by atoms with Gasteiger partial charge >= 0.3 is 11.9 Å². The third-order valence-electron chi connectivity index (χ3n) is 2.49. The quantitative estimate of drug-likeness (QED) is 0.422. The molecule has 0 amide bonds. The maximum absolute atomic E-state index is 11.8. The molecule has 0 atom stereocenters. The van der Waals surface area contributed by atoms with Crippen molar-refractivity contribution in [2.75, 3.05) is 20.0 Å². The van der Waals surface area contributed by atoms with Gasteiger partial charge in [-0.2, -0.15) is 0 Å². The molecule has 0 unspecified atom stereocenters. The first kappa shape index (κ1) is 14.4. The van der Waals surface area contributed by atoms with Gasteiger partial charge in [-0.05, 0) is 6.92 Å². The van der Waals surface area contributed by atoms with E-state index in [1.807, 2.05) is 0 Å². The lowest BCUT2D eigenvalue weighted by Crippen LogP contribution is -2.44. The Kier molecular flexibility index (Phi) is 4.66. The van der Waals surface area contributed by atoms with Crippen LogP contribution in [0, 0.1) is 5.41 Å². The summed E-state index contributed by atoms with van der Waals surface area (Å²) in [5.74, 6) is -1.14. The molecule has 6 nitrogen and oxygen atoms in total. The van der Waals surface area contributed by atoms with Crippen molar-refractivity contribution in [3.8, 4) is 0 Å². The van der Waals surface area contributed by atoms with Crippen LogP contribution in [-0.2, 0) is 23.9 Å². The molecular formula is C11H13NO5S. The minimum atomic E-state index is -1.60. The fourth-order valence-corrected chi connectivity index (χ4v) is 2.40. The minimum absolute atomic E-state index is 0.256. The largest absolute Gasteiger partial charge is 0.468 e. The average Bonchev–Trinajstić information content (AvgIpc) is 2.44. The first-order valence-corrected chi connectivity index (χ1v) is 6.01. The molecule has 1 aliphatic rings. The van der Waals surface area contributed by atoms with Crippen LogP contribution >= 0.6 is 11.8 Å². The zero-order chi connectivity index (χ0) is 13.8. The van der Waals surface area contributed by atoms with Gasteiger partial charge in [0, 0.05) is 17.5 Å². The predicted octanol–water partition coefficient (Wildman–Crippen LogP) is 0.567. The Morgan fingerprint density at radius 3 is 2.28 bits per heavy atom. The Hall–Kier alpha value is -1.63. The molecule has 1 heterocycles. The number of rotatable bonds is 4. The summed E-state index contributed by atoms with van der Waals surface area (Å²) in [6, 6.07) is 0. The number of nitrogens with zero attached hydrogens (tertiary/aromatic N) is 1. The Labute approximate surface area is 108 Å². The van der Waals surface area contributed by atoms with E-state index in [9.17, 15) is 14.4 Å². The van der Waals surface area contributed by atoms with Gasteiger partial charge in [-0.3, -0.25) is 19.4 Å². The molecule has 0 spiro atoms. The van der Waals surface area contributed by atoms with Gasteiger partial charge in [-0.1, -0.05) is 0 Å². The number of hydrogen-bond donors (Lipinski definition) is 0. The minimum Gasteiger partial charge on any atom is -0.468 e. The zero-order valence-corrected chi connectivity index (χ0v) is 11.1. The Balaban J connectivity index is 3.17. The molecule has 0 saturated carbocycles. The molecule has 0 aliphatic carbocycles. The molecule has 0 N–H and O–H groups in total. The molecule has 18 heavy (non-hydrogen) atoms. The molecule has 0 fully saturated rings.